The summed E-state index contributed by atoms with van der Waals surface area (Å²) >= 11 is 1.06. The Labute approximate surface area is 259 Å². The van der Waals surface area contributed by atoms with E-state index in [9.17, 15) is 17.6 Å². The summed E-state index contributed by atoms with van der Waals surface area (Å²) in [5, 5.41) is 3.99. The van der Waals surface area contributed by atoms with E-state index in [2.05, 4.69) is 16.7 Å². The number of nitrogens with zero attached hydrogens (tertiary/aromatic N) is 3. The molecule has 0 atom stereocenters. The number of anilines is 1. The van der Waals surface area contributed by atoms with Gasteiger partial charge in [0.15, 0.2) is 0 Å². The van der Waals surface area contributed by atoms with Gasteiger partial charge in [0.1, 0.15) is 22.9 Å². The minimum Gasteiger partial charge on any atom is -0.461 e. The van der Waals surface area contributed by atoms with Gasteiger partial charge in [0.2, 0.25) is 10.0 Å². The molecular weight excluding hydrogens is 602 g/mol. The normalized spacial score (nSPS) is 14.8. The van der Waals surface area contributed by atoms with Crippen LogP contribution < -0.4 is 10.5 Å². The van der Waals surface area contributed by atoms with E-state index in [1.165, 1.54) is 11.4 Å². The summed E-state index contributed by atoms with van der Waals surface area (Å²) in [6.45, 7) is 2.76. The highest BCUT2D eigenvalue weighted by molar-refractivity contribution is 7.92. The van der Waals surface area contributed by atoms with Crippen molar-refractivity contribution in [1.82, 2.24) is 14.5 Å². The highest BCUT2D eigenvalue weighted by atomic mass is 32.2. The van der Waals surface area contributed by atoms with Crippen LogP contribution in [-0.2, 0) is 33.6 Å². The highest BCUT2D eigenvalue weighted by Gasteiger charge is 2.23. The topological polar surface area (TPSA) is 120 Å². The Kier molecular flexibility index (Phi) is 8.68. The molecule has 0 aliphatic carbocycles. The quantitative estimate of drug-likeness (QED) is 0.199. The van der Waals surface area contributed by atoms with Crippen LogP contribution in [0.1, 0.15) is 39.5 Å². The first-order valence-corrected chi connectivity index (χ1v) is 17.0. The Morgan fingerprint density at radius 3 is 2.66 bits per heavy atom. The molecule has 0 amide bonds. The first-order chi connectivity index (χ1) is 21.2. The van der Waals surface area contributed by atoms with Crippen LogP contribution in [0.5, 0.6) is 0 Å². The average Bonchev–Trinajstić information content (AvgIpc) is 3.58. The Balaban J connectivity index is 1.35. The van der Waals surface area contributed by atoms with Crippen molar-refractivity contribution in [2.24, 2.45) is 11.7 Å². The van der Waals surface area contributed by atoms with Gasteiger partial charge in [0, 0.05) is 17.6 Å². The molecule has 0 bridgehead atoms. The van der Waals surface area contributed by atoms with Crippen LogP contribution in [0.4, 0.5) is 10.1 Å². The lowest BCUT2D eigenvalue weighted by atomic mass is 9.98. The number of ether oxygens (including phenoxy) is 1. The maximum Gasteiger partial charge on any atom is 0.355 e. The molecule has 0 unspecified atom stereocenters. The van der Waals surface area contributed by atoms with E-state index < -0.39 is 27.6 Å². The molecule has 12 heteroatoms. The minimum atomic E-state index is -3.90. The van der Waals surface area contributed by atoms with Crippen LogP contribution in [0, 0.1) is 11.7 Å². The SMILES string of the molecule is CN1CCC(COC(=O)c2cc3ccc(CN)nc3n2Cc2cc(NS(=O)(=O)Cc3sccc3F)cc3ccccc23)CC1. The fourth-order valence-electron chi connectivity index (χ4n) is 5.67. The molecular formula is C32H34FN5O4S2. The second-order valence-corrected chi connectivity index (χ2v) is 14.0. The number of esters is 1. The van der Waals surface area contributed by atoms with Crippen molar-refractivity contribution in [2.45, 2.75) is 31.7 Å². The molecule has 1 saturated heterocycles. The van der Waals surface area contributed by atoms with Crippen molar-refractivity contribution >= 4 is 54.8 Å². The molecule has 1 aliphatic heterocycles. The Bertz CT molecular complexity index is 1930. The summed E-state index contributed by atoms with van der Waals surface area (Å²) in [5.74, 6) is -1.14. The number of carbonyl (C=O) groups is 1. The lowest BCUT2D eigenvalue weighted by Gasteiger charge is -2.28. The van der Waals surface area contributed by atoms with Gasteiger partial charge in [0.05, 0.1) is 23.7 Å². The summed E-state index contributed by atoms with van der Waals surface area (Å²) in [7, 11) is -1.81. The van der Waals surface area contributed by atoms with Crippen LogP contribution in [0.2, 0.25) is 0 Å². The molecule has 0 saturated carbocycles. The zero-order valence-electron chi connectivity index (χ0n) is 24.3. The van der Waals surface area contributed by atoms with Gasteiger partial charge in [-0.05, 0) is 97.0 Å². The second-order valence-electron chi connectivity index (χ2n) is 11.3. The standard InChI is InChI=1S/C32H34FN5O4S2/c1-37-11-8-21(9-12-37)19-42-32(39)29-16-23-6-7-25(17-34)35-31(23)38(29)18-24-15-26(14-22-4-2-3-5-27(22)24)36-44(40,41)20-30-28(33)10-13-43-30/h2-7,10,13-16,21,36H,8-9,11-12,17-20,34H2,1H3. The van der Waals surface area contributed by atoms with E-state index in [-0.39, 0.29) is 18.0 Å². The lowest BCUT2D eigenvalue weighted by molar-refractivity contribution is 0.0373. The number of sulfonamides is 1. The van der Waals surface area contributed by atoms with Gasteiger partial charge in [-0.15, -0.1) is 11.3 Å². The predicted molar refractivity (Wildman–Crippen MR) is 172 cm³/mol. The number of halogens is 1. The second kappa shape index (κ2) is 12.6. The van der Waals surface area contributed by atoms with Crippen molar-refractivity contribution < 1.29 is 22.3 Å². The number of hydrogen-bond donors (Lipinski definition) is 2. The van der Waals surface area contributed by atoms with Gasteiger partial charge in [0.25, 0.3) is 0 Å². The number of piperidine rings is 1. The highest BCUT2D eigenvalue weighted by Crippen LogP contribution is 2.29. The van der Waals surface area contributed by atoms with E-state index >= 15 is 0 Å². The van der Waals surface area contributed by atoms with E-state index in [4.69, 9.17) is 15.5 Å². The van der Waals surface area contributed by atoms with Crippen LogP contribution >= 0.6 is 11.3 Å². The van der Waals surface area contributed by atoms with Crippen molar-refractivity contribution in [2.75, 3.05) is 31.5 Å². The van der Waals surface area contributed by atoms with Gasteiger partial charge < -0.3 is 19.9 Å². The third kappa shape index (κ3) is 6.63. The molecule has 3 N–H and O–H groups in total. The number of nitrogens with two attached hydrogens (primary N) is 1. The molecule has 44 heavy (non-hydrogen) atoms. The Morgan fingerprint density at radius 2 is 1.91 bits per heavy atom. The average molecular weight is 636 g/mol. The molecule has 1 aliphatic rings. The summed E-state index contributed by atoms with van der Waals surface area (Å²) in [4.78, 5) is 20.7. The first kappa shape index (κ1) is 30.2. The van der Waals surface area contributed by atoms with E-state index in [1.807, 2.05) is 41.0 Å². The molecule has 4 heterocycles. The molecule has 2 aromatic carbocycles. The number of rotatable bonds is 10. The van der Waals surface area contributed by atoms with Crippen LogP contribution in [0.15, 0.2) is 66.0 Å². The molecule has 5 aromatic rings. The smallest absolute Gasteiger partial charge is 0.355 e. The number of carbonyl (C=O) groups excluding carboxylic acids is 1. The maximum atomic E-state index is 14.0. The maximum absolute atomic E-state index is 14.0. The van der Waals surface area contributed by atoms with Gasteiger partial charge in [-0.2, -0.15) is 0 Å². The van der Waals surface area contributed by atoms with Crippen molar-refractivity contribution in [1.29, 1.82) is 0 Å². The van der Waals surface area contributed by atoms with E-state index in [0.717, 1.165) is 59.0 Å². The van der Waals surface area contributed by atoms with Gasteiger partial charge in [-0.25, -0.2) is 22.6 Å². The molecule has 0 radical (unpaired) electrons. The van der Waals surface area contributed by atoms with E-state index in [0.29, 0.717) is 35.2 Å². The zero-order chi connectivity index (χ0) is 30.8. The van der Waals surface area contributed by atoms with E-state index in [1.54, 1.807) is 18.2 Å². The van der Waals surface area contributed by atoms with Gasteiger partial charge >= 0.3 is 5.97 Å². The number of benzene rings is 2. The number of thiophene rings is 1. The number of likely N-dealkylation sites (tertiary alicyclic amines) is 1. The monoisotopic (exact) mass is 635 g/mol. The summed E-state index contributed by atoms with van der Waals surface area (Å²) in [6.07, 6.45) is 1.95. The third-order valence-corrected chi connectivity index (χ3v) is 10.4. The number of pyridine rings is 1. The van der Waals surface area contributed by atoms with Crippen molar-refractivity contribution in [3.05, 3.63) is 93.7 Å². The fourth-order valence-corrected chi connectivity index (χ4v) is 7.97. The number of aromatic nitrogens is 2. The minimum absolute atomic E-state index is 0.141. The summed E-state index contributed by atoms with van der Waals surface area (Å²) < 4.78 is 50.4. The lowest BCUT2D eigenvalue weighted by Crippen LogP contribution is -2.32. The first-order valence-electron chi connectivity index (χ1n) is 14.5. The predicted octanol–water partition coefficient (Wildman–Crippen LogP) is 5.34. The van der Waals surface area contributed by atoms with Crippen LogP contribution in [0.25, 0.3) is 21.8 Å². The summed E-state index contributed by atoms with van der Waals surface area (Å²) in [6, 6.07) is 17.9. The number of fused-ring (bicyclic) bond motifs is 2. The van der Waals surface area contributed by atoms with Gasteiger partial charge in [-0.1, -0.05) is 24.3 Å². The van der Waals surface area contributed by atoms with Crippen molar-refractivity contribution in [3.8, 4) is 0 Å². The largest absolute Gasteiger partial charge is 0.461 e. The fraction of sp³-hybridized carbons (Fsp3) is 0.312. The third-order valence-electron chi connectivity index (χ3n) is 8.07. The Hall–Kier alpha value is -3.84. The zero-order valence-corrected chi connectivity index (χ0v) is 26.0. The molecule has 3 aromatic heterocycles. The van der Waals surface area contributed by atoms with Crippen molar-refractivity contribution in [3.63, 3.8) is 0 Å². The van der Waals surface area contributed by atoms with Gasteiger partial charge in [-0.3, -0.25) is 4.72 Å². The molecule has 230 valence electrons. The molecule has 9 nitrogen and oxygen atoms in total. The molecule has 0 spiro atoms. The number of nitrogens with one attached hydrogen (secondary N) is 1. The molecule has 1 fully saturated rings. The van der Waals surface area contributed by atoms with Crippen LogP contribution in [0.3, 0.4) is 0 Å². The Morgan fingerprint density at radius 1 is 1.11 bits per heavy atom. The number of hydrogen-bond acceptors (Lipinski definition) is 8. The van der Waals surface area contributed by atoms with Crippen LogP contribution in [-0.4, -0.2) is 55.6 Å². The molecule has 6 rings (SSSR count). The summed E-state index contributed by atoms with van der Waals surface area (Å²) in [5.41, 5.74) is 8.64.